The largest absolute Gasteiger partial charge is 0.437 e. The van der Waals surface area contributed by atoms with E-state index in [1.165, 1.54) is 6.92 Å². The standard InChI is InChI=1S/C25H30N6O3/c1-18(32)29(3)12-13-30(4)24-15-26-16-25(28-24)34-23-10-7-20(8-11-23)21-6-9-22(27-14-21)17-31(5)19(2)33/h6-11,14-16H,12-13,17H2,1-5H3. The summed E-state index contributed by atoms with van der Waals surface area (Å²) in [6, 6.07) is 11.5. The molecule has 2 aromatic heterocycles. The first-order valence-electron chi connectivity index (χ1n) is 10.9. The van der Waals surface area contributed by atoms with Gasteiger partial charge in [-0.15, -0.1) is 0 Å². The maximum absolute atomic E-state index is 11.4. The lowest BCUT2D eigenvalue weighted by Crippen LogP contribution is -2.33. The highest BCUT2D eigenvalue weighted by Gasteiger charge is 2.09. The molecule has 0 saturated heterocycles. The molecule has 0 aliphatic heterocycles. The summed E-state index contributed by atoms with van der Waals surface area (Å²) in [7, 11) is 5.42. The molecule has 2 amide bonds. The third-order valence-electron chi connectivity index (χ3n) is 5.47. The number of hydrogen-bond donors (Lipinski definition) is 0. The molecule has 3 rings (SSSR count). The zero-order chi connectivity index (χ0) is 24.7. The number of ether oxygens (including phenoxy) is 1. The smallest absolute Gasteiger partial charge is 0.239 e. The lowest BCUT2D eigenvalue weighted by Gasteiger charge is -2.22. The van der Waals surface area contributed by atoms with Gasteiger partial charge >= 0.3 is 0 Å². The predicted molar refractivity (Wildman–Crippen MR) is 131 cm³/mol. The van der Waals surface area contributed by atoms with Crippen molar-refractivity contribution in [3.63, 3.8) is 0 Å². The number of amides is 2. The molecule has 0 fully saturated rings. The van der Waals surface area contributed by atoms with Crippen molar-refractivity contribution in [1.82, 2.24) is 24.8 Å². The predicted octanol–water partition coefficient (Wildman–Crippen LogP) is 3.22. The van der Waals surface area contributed by atoms with Crippen molar-refractivity contribution in [2.24, 2.45) is 0 Å². The van der Waals surface area contributed by atoms with Gasteiger partial charge in [-0.2, -0.15) is 4.98 Å². The molecule has 0 radical (unpaired) electrons. The first-order chi connectivity index (χ1) is 16.2. The minimum atomic E-state index is 0.00363. The first kappa shape index (κ1) is 24.6. The van der Waals surface area contributed by atoms with Crippen molar-refractivity contribution in [3.8, 4) is 22.8 Å². The van der Waals surface area contributed by atoms with Crippen molar-refractivity contribution in [3.05, 3.63) is 60.7 Å². The topological polar surface area (TPSA) is 91.8 Å². The molecule has 3 aromatic rings. The van der Waals surface area contributed by atoms with Gasteiger partial charge in [-0.3, -0.25) is 19.6 Å². The third kappa shape index (κ3) is 6.74. The average molecular weight is 463 g/mol. The second-order valence-corrected chi connectivity index (χ2v) is 8.12. The normalized spacial score (nSPS) is 10.5. The Bertz CT molecular complexity index is 1120. The number of carbonyl (C=O) groups is 2. The molecule has 9 nitrogen and oxygen atoms in total. The molecule has 1 aromatic carbocycles. The van der Waals surface area contributed by atoms with Crippen LogP contribution >= 0.6 is 0 Å². The van der Waals surface area contributed by atoms with Gasteiger partial charge in [0.05, 0.1) is 24.6 Å². The van der Waals surface area contributed by atoms with Crippen molar-refractivity contribution in [2.75, 3.05) is 39.1 Å². The van der Waals surface area contributed by atoms with E-state index in [4.69, 9.17) is 4.74 Å². The Morgan fingerprint density at radius 3 is 2.12 bits per heavy atom. The van der Waals surface area contributed by atoms with Crippen molar-refractivity contribution in [1.29, 1.82) is 0 Å². The number of rotatable bonds is 9. The van der Waals surface area contributed by atoms with Gasteiger partial charge in [0.25, 0.3) is 0 Å². The van der Waals surface area contributed by atoms with Crippen LogP contribution < -0.4 is 9.64 Å². The monoisotopic (exact) mass is 462 g/mol. The van der Waals surface area contributed by atoms with E-state index in [2.05, 4.69) is 15.0 Å². The number of carbonyl (C=O) groups excluding carboxylic acids is 2. The summed E-state index contributed by atoms with van der Waals surface area (Å²) < 4.78 is 5.89. The minimum absolute atomic E-state index is 0.00363. The minimum Gasteiger partial charge on any atom is -0.437 e. The molecule has 0 aliphatic rings. The van der Waals surface area contributed by atoms with Crippen LogP contribution in [0.2, 0.25) is 0 Å². The number of nitrogens with zero attached hydrogens (tertiary/aromatic N) is 6. The average Bonchev–Trinajstić information content (AvgIpc) is 2.83. The Balaban J connectivity index is 1.62. The Labute approximate surface area is 200 Å². The van der Waals surface area contributed by atoms with E-state index in [0.717, 1.165) is 16.8 Å². The van der Waals surface area contributed by atoms with Gasteiger partial charge in [0, 0.05) is 59.8 Å². The molecule has 9 heteroatoms. The van der Waals surface area contributed by atoms with Crippen molar-refractivity contribution >= 4 is 17.6 Å². The van der Waals surface area contributed by atoms with Crippen LogP contribution in [0.25, 0.3) is 11.1 Å². The molecule has 2 heterocycles. The molecule has 0 aliphatic carbocycles. The highest BCUT2D eigenvalue weighted by molar-refractivity contribution is 5.73. The fourth-order valence-electron chi connectivity index (χ4n) is 3.02. The van der Waals surface area contributed by atoms with E-state index in [9.17, 15) is 9.59 Å². The van der Waals surface area contributed by atoms with Crippen molar-refractivity contribution in [2.45, 2.75) is 20.4 Å². The van der Waals surface area contributed by atoms with E-state index in [1.807, 2.05) is 48.3 Å². The molecule has 0 atom stereocenters. The van der Waals surface area contributed by atoms with E-state index >= 15 is 0 Å². The third-order valence-corrected chi connectivity index (χ3v) is 5.47. The van der Waals surface area contributed by atoms with Crippen LogP contribution in [0.15, 0.2) is 55.0 Å². The Kier molecular flexibility index (Phi) is 8.13. The Hall–Kier alpha value is -4.01. The summed E-state index contributed by atoms with van der Waals surface area (Å²) in [5.41, 5.74) is 2.80. The van der Waals surface area contributed by atoms with Crippen molar-refractivity contribution < 1.29 is 14.3 Å². The van der Waals surface area contributed by atoms with Crippen LogP contribution in [0, 0.1) is 0 Å². The summed E-state index contributed by atoms with van der Waals surface area (Å²) >= 11 is 0. The molecule has 34 heavy (non-hydrogen) atoms. The summed E-state index contributed by atoms with van der Waals surface area (Å²) in [6.45, 7) is 4.77. The van der Waals surface area contributed by atoms with E-state index < -0.39 is 0 Å². The molecule has 0 unspecified atom stereocenters. The number of anilines is 1. The van der Waals surface area contributed by atoms with Gasteiger partial charge < -0.3 is 19.4 Å². The SMILES string of the molecule is CC(=O)N(C)CCN(C)c1cncc(Oc2ccc(-c3ccc(CN(C)C(C)=O)nc3)cc2)n1. The lowest BCUT2D eigenvalue weighted by molar-refractivity contribution is -0.128. The summed E-state index contributed by atoms with van der Waals surface area (Å²) in [4.78, 5) is 41.2. The second-order valence-electron chi connectivity index (χ2n) is 8.12. The molecule has 0 spiro atoms. The quantitative estimate of drug-likeness (QED) is 0.482. The van der Waals surface area contributed by atoms with E-state index in [1.54, 1.807) is 49.4 Å². The van der Waals surface area contributed by atoms with Crippen LogP contribution in [-0.2, 0) is 16.1 Å². The molecular formula is C25H30N6O3. The number of aromatic nitrogens is 3. The maximum Gasteiger partial charge on any atom is 0.239 e. The van der Waals surface area contributed by atoms with Gasteiger partial charge in [0.1, 0.15) is 5.75 Å². The van der Waals surface area contributed by atoms with Gasteiger partial charge in [-0.05, 0) is 23.8 Å². The van der Waals surface area contributed by atoms with Gasteiger partial charge in [-0.25, -0.2) is 0 Å². The zero-order valence-corrected chi connectivity index (χ0v) is 20.2. The highest BCUT2D eigenvalue weighted by Crippen LogP contribution is 2.25. The number of benzene rings is 1. The Morgan fingerprint density at radius 1 is 0.824 bits per heavy atom. The van der Waals surface area contributed by atoms with Crippen LogP contribution in [0.1, 0.15) is 19.5 Å². The fraction of sp³-hybridized carbons (Fsp3) is 0.320. The molecular weight excluding hydrogens is 432 g/mol. The maximum atomic E-state index is 11.4. The van der Waals surface area contributed by atoms with E-state index in [0.29, 0.717) is 37.1 Å². The number of likely N-dealkylation sites (N-methyl/N-ethyl adjacent to an activating group) is 2. The van der Waals surface area contributed by atoms with Gasteiger partial charge in [0.2, 0.25) is 17.7 Å². The number of pyridine rings is 1. The van der Waals surface area contributed by atoms with Crippen LogP contribution in [-0.4, -0.2) is 70.8 Å². The molecule has 0 bridgehead atoms. The summed E-state index contributed by atoms with van der Waals surface area (Å²) in [6.07, 6.45) is 5.02. The molecule has 0 saturated carbocycles. The van der Waals surface area contributed by atoms with Gasteiger partial charge in [-0.1, -0.05) is 18.2 Å². The second kappa shape index (κ2) is 11.2. The summed E-state index contributed by atoms with van der Waals surface area (Å²) in [5, 5.41) is 0. The van der Waals surface area contributed by atoms with Gasteiger partial charge in [0.15, 0.2) is 5.82 Å². The molecule has 178 valence electrons. The zero-order valence-electron chi connectivity index (χ0n) is 20.2. The molecule has 0 N–H and O–H groups in total. The van der Waals surface area contributed by atoms with Crippen LogP contribution in [0.5, 0.6) is 11.6 Å². The Morgan fingerprint density at radius 2 is 1.50 bits per heavy atom. The fourth-order valence-corrected chi connectivity index (χ4v) is 3.02. The van der Waals surface area contributed by atoms with Crippen LogP contribution in [0.4, 0.5) is 5.82 Å². The summed E-state index contributed by atoms with van der Waals surface area (Å²) in [5.74, 6) is 1.71. The van der Waals surface area contributed by atoms with Crippen LogP contribution in [0.3, 0.4) is 0 Å². The number of hydrogen-bond acceptors (Lipinski definition) is 7. The first-order valence-corrected chi connectivity index (χ1v) is 10.9. The lowest BCUT2D eigenvalue weighted by atomic mass is 10.1. The van der Waals surface area contributed by atoms with E-state index in [-0.39, 0.29) is 11.8 Å². The highest BCUT2D eigenvalue weighted by atomic mass is 16.5.